The van der Waals surface area contributed by atoms with Crippen LogP contribution in [0.25, 0.3) is 0 Å². The smallest absolute Gasteiger partial charge is 0.262 e. The molecule has 2 fully saturated rings. The molecular formula is C32H40N4O5. The highest BCUT2D eigenvalue weighted by molar-refractivity contribution is 6.03. The van der Waals surface area contributed by atoms with Crippen LogP contribution in [0, 0.1) is 19.8 Å². The van der Waals surface area contributed by atoms with Crippen LogP contribution in [0.2, 0.25) is 0 Å². The molecule has 41 heavy (non-hydrogen) atoms. The number of aryl methyl sites for hydroxylation is 2. The van der Waals surface area contributed by atoms with E-state index in [9.17, 15) is 9.59 Å². The number of fused-ring (bicyclic) bond motifs is 1. The van der Waals surface area contributed by atoms with E-state index in [4.69, 9.17) is 19.3 Å². The molecule has 1 saturated heterocycles. The van der Waals surface area contributed by atoms with Crippen LogP contribution >= 0.6 is 0 Å². The van der Waals surface area contributed by atoms with Crippen LogP contribution < -0.4 is 9.47 Å². The first-order valence-corrected chi connectivity index (χ1v) is 14.9. The Hall–Kier alpha value is -3.43. The number of hydrazone groups is 1. The Balaban J connectivity index is 1.26. The Morgan fingerprint density at radius 1 is 0.976 bits per heavy atom. The van der Waals surface area contributed by atoms with E-state index in [0.29, 0.717) is 37.7 Å². The maximum absolute atomic E-state index is 14.1. The topological polar surface area (TPSA) is 83.9 Å². The lowest BCUT2D eigenvalue weighted by Crippen LogP contribution is -2.47. The fraction of sp³-hybridized carbons (Fsp3) is 0.531. The molecule has 1 saturated carbocycles. The van der Waals surface area contributed by atoms with Crippen LogP contribution in [0.4, 0.5) is 0 Å². The van der Waals surface area contributed by atoms with Crippen molar-refractivity contribution in [3.05, 3.63) is 58.7 Å². The summed E-state index contributed by atoms with van der Waals surface area (Å²) in [7, 11) is 0. The number of carbonyl (C=O) groups is 2. The molecule has 0 bridgehead atoms. The van der Waals surface area contributed by atoms with Gasteiger partial charge in [-0.2, -0.15) is 5.10 Å². The van der Waals surface area contributed by atoms with Gasteiger partial charge in [0.1, 0.15) is 6.54 Å². The molecule has 3 aliphatic heterocycles. The molecule has 9 heteroatoms. The van der Waals surface area contributed by atoms with Crippen molar-refractivity contribution in [3.8, 4) is 11.5 Å². The highest BCUT2D eigenvalue weighted by Crippen LogP contribution is 2.39. The van der Waals surface area contributed by atoms with Gasteiger partial charge in [0.25, 0.3) is 5.91 Å². The lowest BCUT2D eigenvalue weighted by atomic mass is 9.96. The summed E-state index contributed by atoms with van der Waals surface area (Å²) in [5, 5.41) is 6.51. The van der Waals surface area contributed by atoms with Gasteiger partial charge in [0, 0.05) is 38.5 Å². The Labute approximate surface area is 242 Å². The molecule has 6 rings (SSSR count). The molecule has 218 valence electrons. The van der Waals surface area contributed by atoms with E-state index in [1.54, 1.807) is 9.91 Å². The summed E-state index contributed by atoms with van der Waals surface area (Å²) in [6.07, 6.45) is 4.53. The molecule has 2 aromatic rings. The number of hydrogen-bond acceptors (Lipinski definition) is 7. The van der Waals surface area contributed by atoms with Crippen LogP contribution in [-0.4, -0.2) is 85.1 Å². The Kier molecular flexibility index (Phi) is 8.25. The standard InChI is InChI=1S/C32H40N4O5/c1-22-7-8-25(17-23(22)2)27-19-28(26-9-10-29-30(18-26)41-21-40-29)36(33-27)31(37)20-35(32(38)24-5-3-4-6-24)12-11-34-13-15-39-16-14-34/h7-10,17-18,24,28H,3-6,11-16,19-21H2,1-2H3. The molecule has 1 aliphatic carbocycles. The fourth-order valence-electron chi connectivity index (χ4n) is 6.24. The molecular weight excluding hydrogens is 520 g/mol. The Bertz CT molecular complexity index is 1320. The number of morpholine rings is 1. The highest BCUT2D eigenvalue weighted by atomic mass is 16.7. The van der Waals surface area contributed by atoms with Crippen LogP contribution in [0.3, 0.4) is 0 Å². The van der Waals surface area contributed by atoms with Crippen molar-refractivity contribution < 1.29 is 23.8 Å². The van der Waals surface area contributed by atoms with Gasteiger partial charge < -0.3 is 19.1 Å². The molecule has 0 spiro atoms. The zero-order valence-corrected chi connectivity index (χ0v) is 24.1. The molecule has 9 nitrogen and oxygen atoms in total. The van der Waals surface area contributed by atoms with Gasteiger partial charge in [-0.15, -0.1) is 0 Å². The minimum absolute atomic E-state index is 0.00493. The van der Waals surface area contributed by atoms with Gasteiger partial charge >= 0.3 is 0 Å². The maximum Gasteiger partial charge on any atom is 0.262 e. The number of carbonyl (C=O) groups excluding carboxylic acids is 2. The van der Waals surface area contributed by atoms with Gasteiger partial charge in [-0.25, -0.2) is 5.01 Å². The summed E-state index contributed by atoms with van der Waals surface area (Å²) >= 11 is 0. The van der Waals surface area contributed by atoms with Crippen LogP contribution in [0.1, 0.15) is 60.4 Å². The summed E-state index contributed by atoms with van der Waals surface area (Å²) in [6, 6.07) is 11.8. The van der Waals surface area contributed by atoms with E-state index in [0.717, 1.165) is 62.2 Å². The minimum Gasteiger partial charge on any atom is -0.454 e. The lowest BCUT2D eigenvalue weighted by Gasteiger charge is -2.32. The first-order valence-electron chi connectivity index (χ1n) is 14.9. The summed E-state index contributed by atoms with van der Waals surface area (Å²) in [5.74, 6) is 1.32. The molecule has 2 aromatic carbocycles. The van der Waals surface area contributed by atoms with Crippen molar-refractivity contribution in [2.75, 3.05) is 52.7 Å². The quantitative estimate of drug-likeness (QED) is 0.484. The lowest BCUT2D eigenvalue weighted by molar-refractivity contribution is -0.144. The number of nitrogens with zero attached hydrogens (tertiary/aromatic N) is 4. The molecule has 1 atom stereocenters. The second-order valence-electron chi connectivity index (χ2n) is 11.6. The normalized spacial score (nSPS) is 20.9. The molecule has 0 N–H and O–H groups in total. The molecule has 4 aliphatic rings. The predicted octanol–water partition coefficient (Wildman–Crippen LogP) is 4.06. The van der Waals surface area contributed by atoms with Crippen molar-refractivity contribution in [2.24, 2.45) is 11.0 Å². The largest absolute Gasteiger partial charge is 0.454 e. The van der Waals surface area contributed by atoms with Crippen LogP contribution in [0.15, 0.2) is 41.5 Å². The Morgan fingerprint density at radius 3 is 2.54 bits per heavy atom. The van der Waals surface area contributed by atoms with E-state index in [1.807, 2.05) is 18.2 Å². The summed E-state index contributed by atoms with van der Waals surface area (Å²) in [5.41, 5.74) is 5.22. The third-order valence-corrected chi connectivity index (χ3v) is 8.92. The first-order chi connectivity index (χ1) is 20.0. The third kappa shape index (κ3) is 6.11. The number of rotatable bonds is 8. The third-order valence-electron chi connectivity index (χ3n) is 8.92. The van der Waals surface area contributed by atoms with Gasteiger partial charge in [0.05, 0.1) is 25.0 Å². The van der Waals surface area contributed by atoms with E-state index in [1.165, 1.54) is 11.1 Å². The molecule has 0 aromatic heterocycles. The highest BCUT2D eigenvalue weighted by Gasteiger charge is 2.36. The van der Waals surface area contributed by atoms with Crippen molar-refractivity contribution in [1.82, 2.24) is 14.8 Å². The molecule has 3 heterocycles. The molecule has 1 unspecified atom stereocenters. The SMILES string of the molecule is Cc1ccc(C2=NN(C(=O)CN(CCN3CCOCC3)C(=O)C3CCCC3)C(c3ccc4c(c3)OCO4)C2)cc1C. The number of hydrogen-bond donors (Lipinski definition) is 0. The van der Waals surface area contributed by atoms with Gasteiger partial charge in [-0.05, 0) is 67.1 Å². The zero-order chi connectivity index (χ0) is 28.3. The number of ether oxygens (including phenoxy) is 3. The monoisotopic (exact) mass is 560 g/mol. The second kappa shape index (κ2) is 12.2. The maximum atomic E-state index is 14.1. The summed E-state index contributed by atoms with van der Waals surface area (Å²) < 4.78 is 16.7. The van der Waals surface area contributed by atoms with E-state index < -0.39 is 0 Å². The zero-order valence-electron chi connectivity index (χ0n) is 24.1. The predicted molar refractivity (Wildman–Crippen MR) is 155 cm³/mol. The number of benzene rings is 2. The van der Waals surface area contributed by atoms with Crippen molar-refractivity contribution >= 4 is 17.5 Å². The van der Waals surface area contributed by atoms with Gasteiger partial charge in [-0.1, -0.05) is 31.0 Å². The van der Waals surface area contributed by atoms with Gasteiger partial charge in [-0.3, -0.25) is 14.5 Å². The Morgan fingerprint density at radius 2 is 1.76 bits per heavy atom. The summed E-state index contributed by atoms with van der Waals surface area (Å²) in [6.45, 7) is 8.76. The van der Waals surface area contributed by atoms with Crippen LogP contribution in [0.5, 0.6) is 11.5 Å². The van der Waals surface area contributed by atoms with Crippen LogP contribution in [-0.2, 0) is 14.3 Å². The van der Waals surface area contributed by atoms with E-state index in [-0.39, 0.29) is 37.1 Å². The van der Waals surface area contributed by atoms with Gasteiger partial charge in [0.2, 0.25) is 12.7 Å². The van der Waals surface area contributed by atoms with Crippen molar-refractivity contribution in [3.63, 3.8) is 0 Å². The van der Waals surface area contributed by atoms with E-state index >= 15 is 0 Å². The first kappa shape index (κ1) is 27.7. The van der Waals surface area contributed by atoms with Crippen molar-refractivity contribution in [1.29, 1.82) is 0 Å². The number of amides is 2. The van der Waals surface area contributed by atoms with Crippen molar-refractivity contribution in [2.45, 2.75) is 52.0 Å². The molecule has 2 amide bonds. The second-order valence-corrected chi connectivity index (χ2v) is 11.6. The molecule has 0 radical (unpaired) electrons. The fourth-order valence-corrected chi connectivity index (χ4v) is 6.24. The average molecular weight is 561 g/mol. The van der Waals surface area contributed by atoms with E-state index in [2.05, 4.69) is 36.9 Å². The minimum atomic E-state index is -0.295. The average Bonchev–Trinajstić information content (AvgIpc) is 3.77. The van der Waals surface area contributed by atoms with Gasteiger partial charge in [0.15, 0.2) is 11.5 Å². The summed E-state index contributed by atoms with van der Waals surface area (Å²) in [4.78, 5) is 31.8.